The second-order valence-corrected chi connectivity index (χ2v) is 7.46. The number of thiophene rings is 1. The number of benzene rings is 1. The molecule has 0 radical (unpaired) electrons. The first kappa shape index (κ1) is 17.7. The van der Waals surface area contributed by atoms with Crippen molar-refractivity contribution in [1.29, 1.82) is 0 Å². The van der Waals surface area contributed by atoms with E-state index in [1.165, 1.54) is 11.3 Å². The summed E-state index contributed by atoms with van der Waals surface area (Å²) in [7, 11) is 0. The number of amides is 3. The molecule has 1 saturated heterocycles. The summed E-state index contributed by atoms with van der Waals surface area (Å²) < 4.78 is 5.22. The van der Waals surface area contributed by atoms with Gasteiger partial charge in [0, 0.05) is 5.02 Å². The number of carbonyl (C=O) groups is 2. The third-order valence-corrected chi connectivity index (χ3v) is 5.66. The van der Waals surface area contributed by atoms with Gasteiger partial charge >= 0.3 is 6.03 Å². The lowest BCUT2D eigenvalue weighted by Gasteiger charge is -2.25. The molecule has 1 aromatic carbocycles. The van der Waals surface area contributed by atoms with Gasteiger partial charge in [0.25, 0.3) is 5.91 Å². The first-order valence-corrected chi connectivity index (χ1v) is 9.56. The zero-order chi connectivity index (χ0) is 19.0. The van der Waals surface area contributed by atoms with Crippen LogP contribution in [0, 0.1) is 0 Å². The van der Waals surface area contributed by atoms with Gasteiger partial charge in [0.05, 0.1) is 4.88 Å². The maximum absolute atomic E-state index is 13.1. The van der Waals surface area contributed by atoms with Gasteiger partial charge in [-0.1, -0.05) is 41.9 Å². The van der Waals surface area contributed by atoms with Gasteiger partial charge in [-0.15, -0.1) is 11.3 Å². The Morgan fingerprint density at radius 3 is 2.70 bits per heavy atom. The van der Waals surface area contributed by atoms with Crippen LogP contribution in [0.4, 0.5) is 4.79 Å². The predicted octanol–water partition coefficient (Wildman–Crippen LogP) is 3.81. The van der Waals surface area contributed by atoms with Crippen LogP contribution in [0.15, 0.2) is 46.3 Å². The van der Waals surface area contributed by atoms with Crippen LogP contribution in [0.2, 0.25) is 5.02 Å². The molecule has 0 saturated carbocycles. The van der Waals surface area contributed by atoms with E-state index in [1.54, 1.807) is 24.3 Å². The van der Waals surface area contributed by atoms with Crippen molar-refractivity contribution >= 4 is 34.9 Å². The molecular formula is C18H15ClN4O3S. The van der Waals surface area contributed by atoms with E-state index in [9.17, 15) is 9.59 Å². The van der Waals surface area contributed by atoms with Crippen molar-refractivity contribution in [2.75, 3.05) is 0 Å². The lowest BCUT2D eigenvalue weighted by molar-refractivity contribution is -0.132. The van der Waals surface area contributed by atoms with Crippen LogP contribution in [-0.4, -0.2) is 27.0 Å². The minimum atomic E-state index is -1.13. The van der Waals surface area contributed by atoms with Gasteiger partial charge in [-0.2, -0.15) is 4.98 Å². The molecular weight excluding hydrogens is 388 g/mol. The van der Waals surface area contributed by atoms with Crippen LogP contribution >= 0.6 is 22.9 Å². The third-order valence-electron chi connectivity index (χ3n) is 4.55. The van der Waals surface area contributed by atoms with Crippen LogP contribution in [0.3, 0.4) is 0 Å². The molecule has 9 heteroatoms. The highest BCUT2D eigenvalue weighted by molar-refractivity contribution is 7.13. The second-order valence-electron chi connectivity index (χ2n) is 6.08. The number of hydrogen-bond donors (Lipinski definition) is 1. The summed E-state index contributed by atoms with van der Waals surface area (Å²) in [5, 5.41) is 9.20. The van der Waals surface area contributed by atoms with E-state index >= 15 is 0 Å². The van der Waals surface area contributed by atoms with Crippen LogP contribution in [0.25, 0.3) is 10.7 Å². The van der Waals surface area contributed by atoms with Gasteiger partial charge in [-0.05, 0) is 35.6 Å². The molecule has 3 amide bonds. The number of nitrogens with one attached hydrogen (secondary N) is 1. The maximum atomic E-state index is 13.1. The van der Waals surface area contributed by atoms with Gasteiger partial charge < -0.3 is 9.84 Å². The number of urea groups is 1. The van der Waals surface area contributed by atoms with E-state index in [-0.39, 0.29) is 18.3 Å². The molecule has 1 aliphatic heterocycles. The minimum Gasteiger partial charge on any atom is -0.337 e. The van der Waals surface area contributed by atoms with Crippen molar-refractivity contribution < 1.29 is 14.1 Å². The molecule has 1 atom stereocenters. The Labute approximate surface area is 163 Å². The Hall–Kier alpha value is -2.71. The Kier molecular flexibility index (Phi) is 4.45. The van der Waals surface area contributed by atoms with Crippen molar-refractivity contribution in [2.45, 2.75) is 25.4 Å². The number of nitrogens with zero attached hydrogens (tertiary/aromatic N) is 3. The fourth-order valence-corrected chi connectivity index (χ4v) is 3.88. The van der Waals surface area contributed by atoms with E-state index in [0.29, 0.717) is 22.8 Å². The van der Waals surface area contributed by atoms with Gasteiger partial charge in [0.1, 0.15) is 12.1 Å². The summed E-state index contributed by atoms with van der Waals surface area (Å²) in [5.74, 6) is 0.282. The van der Waals surface area contributed by atoms with Crippen molar-refractivity contribution in [3.8, 4) is 10.7 Å². The van der Waals surface area contributed by atoms with Crippen LogP contribution < -0.4 is 5.32 Å². The van der Waals surface area contributed by atoms with E-state index in [0.717, 1.165) is 9.78 Å². The highest BCUT2D eigenvalue weighted by Gasteiger charge is 2.51. The zero-order valence-electron chi connectivity index (χ0n) is 14.3. The quantitative estimate of drug-likeness (QED) is 0.655. The molecule has 0 unspecified atom stereocenters. The fourth-order valence-electron chi connectivity index (χ4n) is 3.10. The number of carbonyl (C=O) groups excluding carboxylic acids is 2. The molecule has 7 nitrogen and oxygen atoms in total. The molecule has 0 aliphatic carbocycles. The van der Waals surface area contributed by atoms with Gasteiger partial charge in [-0.3, -0.25) is 9.69 Å². The standard InChI is InChI=1S/C18H15ClN4O3S/c1-2-18(11-5-7-12(19)8-6-11)16(24)23(17(25)21-18)10-14-20-15(22-26-14)13-4-3-9-27-13/h3-9H,2,10H2,1H3,(H,21,25)/t18-/m1/s1. The average molecular weight is 403 g/mol. The predicted molar refractivity (Wildman–Crippen MR) is 100 cm³/mol. The Bertz CT molecular complexity index is 986. The molecule has 4 rings (SSSR count). The maximum Gasteiger partial charge on any atom is 0.325 e. The van der Waals surface area contributed by atoms with Gasteiger partial charge in [-0.25, -0.2) is 4.79 Å². The van der Waals surface area contributed by atoms with Crippen molar-refractivity contribution in [1.82, 2.24) is 20.4 Å². The Balaban J connectivity index is 1.60. The van der Waals surface area contributed by atoms with Crippen LogP contribution in [0.5, 0.6) is 0 Å². The molecule has 3 aromatic rings. The van der Waals surface area contributed by atoms with Gasteiger partial charge in [0.2, 0.25) is 11.7 Å². The third kappa shape index (κ3) is 3.00. The monoisotopic (exact) mass is 402 g/mol. The number of halogens is 1. The zero-order valence-corrected chi connectivity index (χ0v) is 15.9. The first-order valence-electron chi connectivity index (χ1n) is 8.30. The topological polar surface area (TPSA) is 88.3 Å². The van der Waals surface area contributed by atoms with E-state index in [2.05, 4.69) is 15.5 Å². The summed E-state index contributed by atoms with van der Waals surface area (Å²) in [6.45, 7) is 1.76. The number of imide groups is 1. The first-order chi connectivity index (χ1) is 13.0. The number of hydrogen-bond acceptors (Lipinski definition) is 6. The van der Waals surface area contributed by atoms with Crippen molar-refractivity contribution in [3.63, 3.8) is 0 Å². The minimum absolute atomic E-state index is 0.0849. The lowest BCUT2D eigenvalue weighted by atomic mass is 9.87. The Morgan fingerprint density at radius 2 is 2.04 bits per heavy atom. The number of aromatic nitrogens is 2. The molecule has 1 aliphatic rings. The highest BCUT2D eigenvalue weighted by atomic mass is 35.5. The molecule has 2 aromatic heterocycles. The largest absolute Gasteiger partial charge is 0.337 e. The summed E-state index contributed by atoms with van der Waals surface area (Å²) >= 11 is 7.42. The number of rotatable bonds is 5. The van der Waals surface area contributed by atoms with E-state index < -0.39 is 11.6 Å². The molecule has 0 spiro atoms. The van der Waals surface area contributed by atoms with Gasteiger partial charge in [0.15, 0.2) is 0 Å². The molecule has 3 heterocycles. The summed E-state index contributed by atoms with van der Waals surface area (Å²) in [4.78, 5) is 31.9. The summed E-state index contributed by atoms with van der Waals surface area (Å²) in [5.41, 5.74) is -0.446. The SMILES string of the molecule is CC[C@]1(c2ccc(Cl)cc2)NC(=O)N(Cc2nc(-c3cccs3)no2)C1=O. The summed E-state index contributed by atoms with van der Waals surface area (Å²) in [6, 6.07) is 10.1. The average Bonchev–Trinajstić information content (AvgIpc) is 3.39. The van der Waals surface area contributed by atoms with Crippen molar-refractivity contribution in [3.05, 3.63) is 58.3 Å². The van der Waals surface area contributed by atoms with Crippen LogP contribution in [0.1, 0.15) is 24.8 Å². The molecule has 0 bridgehead atoms. The molecule has 138 valence electrons. The fraction of sp³-hybridized carbons (Fsp3) is 0.222. The van der Waals surface area contributed by atoms with Crippen molar-refractivity contribution in [2.24, 2.45) is 0 Å². The molecule has 1 N–H and O–H groups in total. The normalized spacial score (nSPS) is 19.6. The second kappa shape index (κ2) is 6.79. The lowest BCUT2D eigenvalue weighted by Crippen LogP contribution is -2.43. The summed E-state index contributed by atoms with van der Waals surface area (Å²) in [6.07, 6.45) is 0.403. The molecule has 27 heavy (non-hydrogen) atoms. The van der Waals surface area contributed by atoms with Crippen LogP contribution in [-0.2, 0) is 16.9 Å². The van der Waals surface area contributed by atoms with E-state index in [4.69, 9.17) is 16.1 Å². The Morgan fingerprint density at radius 1 is 1.26 bits per heavy atom. The molecule has 1 fully saturated rings. The smallest absolute Gasteiger partial charge is 0.325 e. The van der Waals surface area contributed by atoms with E-state index in [1.807, 2.05) is 24.4 Å². The highest BCUT2D eigenvalue weighted by Crippen LogP contribution is 2.34.